The van der Waals surface area contributed by atoms with Gasteiger partial charge in [0.25, 0.3) is 5.69 Å². The highest BCUT2D eigenvalue weighted by Gasteiger charge is 2.12. The number of hydrogen-bond donors (Lipinski definition) is 1. The first-order valence-corrected chi connectivity index (χ1v) is 6.57. The van der Waals surface area contributed by atoms with Gasteiger partial charge in [-0.2, -0.15) is 0 Å². The molecule has 6 heteroatoms. The summed E-state index contributed by atoms with van der Waals surface area (Å²) >= 11 is 0. The van der Waals surface area contributed by atoms with Gasteiger partial charge in [0.1, 0.15) is 0 Å². The van der Waals surface area contributed by atoms with Gasteiger partial charge < -0.3 is 10.2 Å². The average molecular weight is 279 g/mol. The first-order chi connectivity index (χ1) is 9.43. The summed E-state index contributed by atoms with van der Waals surface area (Å²) in [5.41, 5.74) is 1.75. The Labute approximate surface area is 118 Å². The summed E-state index contributed by atoms with van der Waals surface area (Å²) in [6.07, 6.45) is 1.26. The summed E-state index contributed by atoms with van der Waals surface area (Å²) in [6, 6.07) is 5.08. The van der Waals surface area contributed by atoms with E-state index in [0.717, 1.165) is 12.0 Å². The normalized spacial score (nSPS) is 10.3. The van der Waals surface area contributed by atoms with Gasteiger partial charge in [0.05, 0.1) is 4.92 Å². The maximum atomic E-state index is 11.4. The Morgan fingerprint density at radius 1 is 1.40 bits per heavy atom. The van der Waals surface area contributed by atoms with Crippen molar-refractivity contribution in [3.63, 3.8) is 0 Å². The number of nitrogens with one attached hydrogen (secondary N) is 1. The molecule has 0 aliphatic carbocycles. The molecule has 0 heterocycles. The van der Waals surface area contributed by atoms with Crippen LogP contribution in [0.1, 0.15) is 24.0 Å². The zero-order valence-electron chi connectivity index (χ0n) is 12.2. The summed E-state index contributed by atoms with van der Waals surface area (Å²) in [5.74, 6) is 0.110. The molecule has 0 saturated carbocycles. The molecule has 0 unspecified atom stereocenters. The SMILES string of the molecule is Cc1c(CNCCCC(=O)N(C)C)cccc1[N+](=O)[O-]. The zero-order valence-corrected chi connectivity index (χ0v) is 12.2. The van der Waals surface area contributed by atoms with E-state index in [4.69, 9.17) is 0 Å². The molecule has 0 bridgehead atoms. The number of carbonyl (C=O) groups excluding carboxylic acids is 1. The third-order valence-electron chi connectivity index (χ3n) is 3.17. The molecule has 0 spiro atoms. The predicted molar refractivity (Wildman–Crippen MR) is 77.5 cm³/mol. The number of carbonyl (C=O) groups is 1. The molecular formula is C14H21N3O3. The van der Waals surface area contributed by atoms with Crippen LogP contribution in [0.3, 0.4) is 0 Å². The van der Waals surface area contributed by atoms with Crippen LogP contribution in [-0.2, 0) is 11.3 Å². The number of nitro benzene ring substituents is 1. The Morgan fingerprint density at radius 2 is 2.10 bits per heavy atom. The standard InChI is InChI=1S/C14H21N3O3/c1-11-12(6-4-7-13(11)17(19)20)10-15-9-5-8-14(18)16(2)3/h4,6-7,15H,5,8-10H2,1-3H3. The lowest BCUT2D eigenvalue weighted by Crippen LogP contribution is -2.23. The molecule has 1 amide bonds. The fourth-order valence-corrected chi connectivity index (χ4v) is 1.87. The van der Waals surface area contributed by atoms with Crippen LogP contribution < -0.4 is 5.32 Å². The van der Waals surface area contributed by atoms with Crippen molar-refractivity contribution in [2.45, 2.75) is 26.3 Å². The Morgan fingerprint density at radius 3 is 2.70 bits per heavy atom. The lowest BCUT2D eigenvalue weighted by molar-refractivity contribution is -0.385. The van der Waals surface area contributed by atoms with Crippen molar-refractivity contribution in [2.75, 3.05) is 20.6 Å². The quantitative estimate of drug-likeness (QED) is 0.469. The summed E-state index contributed by atoms with van der Waals surface area (Å²) in [7, 11) is 3.48. The van der Waals surface area contributed by atoms with Crippen LogP contribution >= 0.6 is 0 Å². The van der Waals surface area contributed by atoms with Crippen LogP contribution in [0.15, 0.2) is 18.2 Å². The molecule has 0 aliphatic heterocycles. The predicted octanol–water partition coefficient (Wildman–Crippen LogP) is 1.86. The summed E-state index contributed by atoms with van der Waals surface area (Å²) in [6.45, 7) is 3.04. The average Bonchev–Trinajstić information content (AvgIpc) is 2.39. The van der Waals surface area contributed by atoms with Crippen LogP contribution in [0.5, 0.6) is 0 Å². The third kappa shape index (κ3) is 4.62. The van der Waals surface area contributed by atoms with Crippen LogP contribution in [0, 0.1) is 17.0 Å². The molecule has 0 aliphatic rings. The monoisotopic (exact) mass is 279 g/mol. The second-order valence-corrected chi connectivity index (χ2v) is 4.89. The molecule has 0 fully saturated rings. The maximum Gasteiger partial charge on any atom is 0.272 e. The van der Waals surface area contributed by atoms with E-state index in [-0.39, 0.29) is 16.5 Å². The molecule has 0 atom stereocenters. The highest BCUT2D eigenvalue weighted by molar-refractivity contribution is 5.75. The molecule has 20 heavy (non-hydrogen) atoms. The van der Waals surface area contributed by atoms with Gasteiger partial charge in [-0.3, -0.25) is 14.9 Å². The van der Waals surface area contributed by atoms with Gasteiger partial charge in [-0.05, 0) is 25.5 Å². The minimum Gasteiger partial charge on any atom is -0.349 e. The minimum absolute atomic E-state index is 0.110. The van der Waals surface area contributed by atoms with Crippen molar-refractivity contribution in [3.8, 4) is 0 Å². The number of nitro groups is 1. The van der Waals surface area contributed by atoms with E-state index in [0.29, 0.717) is 25.1 Å². The van der Waals surface area contributed by atoms with Gasteiger partial charge in [-0.15, -0.1) is 0 Å². The van der Waals surface area contributed by atoms with Crippen LogP contribution in [0.4, 0.5) is 5.69 Å². The van der Waals surface area contributed by atoms with E-state index >= 15 is 0 Å². The fraction of sp³-hybridized carbons (Fsp3) is 0.500. The van der Waals surface area contributed by atoms with Crippen LogP contribution in [0.25, 0.3) is 0 Å². The molecule has 0 aromatic heterocycles. The van der Waals surface area contributed by atoms with Crippen molar-refractivity contribution in [3.05, 3.63) is 39.4 Å². The van der Waals surface area contributed by atoms with Crippen LogP contribution in [0.2, 0.25) is 0 Å². The highest BCUT2D eigenvalue weighted by atomic mass is 16.6. The lowest BCUT2D eigenvalue weighted by atomic mass is 10.1. The lowest BCUT2D eigenvalue weighted by Gasteiger charge is -2.11. The molecular weight excluding hydrogens is 258 g/mol. The molecule has 1 rings (SSSR count). The van der Waals surface area contributed by atoms with Gasteiger partial charge in [-0.1, -0.05) is 12.1 Å². The smallest absolute Gasteiger partial charge is 0.272 e. The molecule has 1 N–H and O–H groups in total. The molecule has 0 saturated heterocycles. The van der Waals surface area contributed by atoms with Crippen molar-refractivity contribution in [1.82, 2.24) is 10.2 Å². The Hall–Kier alpha value is -1.95. The number of rotatable bonds is 7. The molecule has 1 aromatic carbocycles. The second-order valence-electron chi connectivity index (χ2n) is 4.89. The number of nitrogens with zero attached hydrogens (tertiary/aromatic N) is 2. The van der Waals surface area contributed by atoms with Gasteiger partial charge in [0.2, 0.25) is 5.91 Å². The topological polar surface area (TPSA) is 75.5 Å². The number of amides is 1. The Bertz CT molecular complexity index is 487. The third-order valence-corrected chi connectivity index (χ3v) is 3.17. The molecule has 110 valence electrons. The van der Waals surface area contributed by atoms with Gasteiger partial charge in [0, 0.05) is 38.7 Å². The van der Waals surface area contributed by atoms with E-state index in [2.05, 4.69) is 5.32 Å². The zero-order chi connectivity index (χ0) is 15.1. The van der Waals surface area contributed by atoms with Gasteiger partial charge >= 0.3 is 0 Å². The largest absolute Gasteiger partial charge is 0.349 e. The van der Waals surface area contributed by atoms with E-state index < -0.39 is 0 Å². The summed E-state index contributed by atoms with van der Waals surface area (Å²) in [5, 5.41) is 14.0. The highest BCUT2D eigenvalue weighted by Crippen LogP contribution is 2.20. The molecule has 1 aromatic rings. The van der Waals surface area contributed by atoms with Crippen LogP contribution in [-0.4, -0.2) is 36.4 Å². The first kappa shape index (κ1) is 16.1. The van der Waals surface area contributed by atoms with E-state index in [1.807, 2.05) is 6.07 Å². The van der Waals surface area contributed by atoms with Gasteiger partial charge in [-0.25, -0.2) is 0 Å². The number of hydrogen-bond acceptors (Lipinski definition) is 4. The molecule has 0 radical (unpaired) electrons. The maximum absolute atomic E-state index is 11.4. The minimum atomic E-state index is -0.366. The fourth-order valence-electron chi connectivity index (χ4n) is 1.87. The van der Waals surface area contributed by atoms with E-state index in [9.17, 15) is 14.9 Å². The van der Waals surface area contributed by atoms with Crippen molar-refractivity contribution < 1.29 is 9.72 Å². The summed E-state index contributed by atoms with van der Waals surface area (Å²) < 4.78 is 0. The first-order valence-electron chi connectivity index (χ1n) is 6.57. The second kappa shape index (κ2) is 7.59. The van der Waals surface area contributed by atoms with Crippen molar-refractivity contribution in [2.24, 2.45) is 0 Å². The number of benzene rings is 1. The summed E-state index contributed by atoms with van der Waals surface area (Å²) in [4.78, 5) is 23.4. The van der Waals surface area contributed by atoms with Gasteiger partial charge in [0.15, 0.2) is 0 Å². The van der Waals surface area contributed by atoms with E-state index in [1.54, 1.807) is 32.0 Å². The van der Waals surface area contributed by atoms with Crippen molar-refractivity contribution in [1.29, 1.82) is 0 Å². The Kier molecular flexibility index (Phi) is 6.11. The van der Waals surface area contributed by atoms with E-state index in [1.165, 1.54) is 6.07 Å². The Balaban J connectivity index is 2.41. The molecule has 6 nitrogen and oxygen atoms in total. The van der Waals surface area contributed by atoms with Crippen molar-refractivity contribution >= 4 is 11.6 Å².